The predicted octanol–water partition coefficient (Wildman–Crippen LogP) is 2.76. The van der Waals surface area contributed by atoms with Gasteiger partial charge in [-0.2, -0.15) is 0 Å². The van der Waals surface area contributed by atoms with E-state index in [4.69, 9.17) is 0 Å². The van der Waals surface area contributed by atoms with Crippen molar-refractivity contribution in [3.63, 3.8) is 0 Å². The lowest BCUT2D eigenvalue weighted by Gasteiger charge is -2.21. The summed E-state index contributed by atoms with van der Waals surface area (Å²) in [6.45, 7) is 8.86. The highest BCUT2D eigenvalue weighted by molar-refractivity contribution is 5.73. The molecule has 0 aliphatic carbocycles. The van der Waals surface area contributed by atoms with Gasteiger partial charge in [0.05, 0.1) is 0 Å². The summed E-state index contributed by atoms with van der Waals surface area (Å²) in [4.78, 5) is 15.4. The van der Waals surface area contributed by atoms with Crippen molar-refractivity contribution in [2.45, 2.75) is 53.1 Å². The average Bonchev–Trinajstić information content (AvgIpc) is 2.27. The van der Waals surface area contributed by atoms with Gasteiger partial charge in [0.15, 0.2) is 0 Å². The lowest BCUT2D eigenvalue weighted by atomic mass is 9.88. The van der Waals surface area contributed by atoms with Crippen LogP contribution in [0.25, 0.3) is 0 Å². The minimum atomic E-state index is -0.782. The molecule has 4 heteroatoms. The molecule has 1 aromatic rings. The van der Waals surface area contributed by atoms with Crippen LogP contribution in [0.2, 0.25) is 0 Å². The lowest BCUT2D eigenvalue weighted by molar-refractivity contribution is -0.139. The topological polar surface area (TPSA) is 62.2 Å². The van der Waals surface area contributed by atoms with Crippen molar-refractivity contribution in [3.05, 3.63) is 29.6 Å². The Kier molecular flexibility index (Phi) is 5.48. The van der Waals surface area contributed by atoms with Crippen LogP contribution in [0.15, 0.2) is 18.3 Å². The molecule has 0 fully saturated rings. The van der Waals surface area contributed by atoms with Crippen molar-refractivity contribution in [1.29, 1.82) is 0 Å². The number of carbonyl (C=O) groups is 1. The molecule has 0 radical (unpaired) electrons. The molecule has 2 N–H and O–H groups in total. The summed E-state index contributed by atoms with van der Waals surface area (Å²) in [5.74, 6) is -0.782. The van der Waals surface area contributed by atoms with E-state index in [1.54, 1.807) is 6.20 Å². The van der Waals surface area contributed by atoms with Gasteiger partial charge in [0.2, 0.25) is 0 Å². The lowest BCUT2D eigenvalue weighted by Crippen LogP contribution is -2.37. The molecule has 4 nitrogen and oxygen atoms in total. The summed E-state index contributed by atoms with van der Waals surface area (Å²) in [5.41, 5.74) is 2.16. The first-order valence-electron chi connectivity index (χ1n) is 6.66. The molecule has 0 bridgehead atoms. The highest BCUT2D eigenvalue weighted by Crippen LogP contribution is 2.21. The summed E-state index contributed by atoms with van der Waals surface area (Å²) in [5, 5.41) is 12.3. The van der Waals surface area contributed by atoms with Gasteiger partial charge in [-0.25, -0.2) is 0 Å². The van der Waals surface area contributed by atoms with E-state index >= 15 is 0 Å². The molecule has 1 atom stereocenters. The Hall–Kier alpha value is -1.42. The number of hydrogen-bond donors (Lipinski definition) is 2. The molecule has 106 valence electrons. The molecule has 1 rings (SSSR count). The zero-order valence-corrected chi connectivity index (χ0v) is 12.2. The van der Waals surface area contributed by atoms with Gasteiger partial charge in [0.25, 0.3) is 0 Å². The number of nitrogens with one attached hydrogen (secondary N) is 1. The zero-order chi connectivity index (χ0) is 14.5. The summed E-state index contributed by atoms with van der Waals surface area (Å²) < 4.78 is 0. The first-order chi connectivity index (χ1) is 8.78. The fourth-order valence-electron chi connectivity index (χ4n) is 1.85. The molecular weight excluding hydrogens is 240 g/mol. The number of carboxylic acid groups (broad SMARTS) is 1. The Balaban J connectivity index is 2.52. The van der Waals surface area contributed by atoms with Gasteiger partial charge in [-0.15, -0.1) is 0 Å². The van der Waals surface area contributed by atoms with E-state index in [0.717, 1.165) is 17.7 Å². The van der Waals surface area contributed by atoms with Gasteiger partial charge < -0.3 is 10.4 Å². The van der Waals surface area contributed by atoms with Crippen LogP contribution in [-0.4, -0.2) is 22.1 Å². The maximum Gasteiger partial charge on any atom is 0.320 e. The van der Waals surface area contributed by atoms with Gasteiger partial charge in [-0.3, -0.25) is 9.78 Å². The predicted molar refractivity (Wildman–Crippen MR) is 75.9 cm³/mol. The molecule has 0 amide bonds. The molecule has 1 heterocycles. The normalized spacial score (nSPS) is 13.3. The Morgan fingerprint density at radius 1 is 1.47 bits per heavy atom. The third-order valence-corrected chi connectivity index (χ3v) is 2.99. The summed E-state index contributed by atoms with van der Waals surface area (Å²) in [6, 6.07) is 3.38. The maximum absolute atomic E-state index is 11.2. The summed E-state index contributed by atoms with van der Waals surface area (Å²) in [6.07, 6.45) is 3.27. The third kappa shape index (κ3) is 6.34. The quantitative estimate of drug-likeness (QED) is 0.829. The number of hydrogen-bond acceptors (Lipinski definition) is 3. The molecule has 0 saturated carbocycles. The van der Waals surface area contributed by atoms with Crippen molar-refractivity contribution in [1.82, 2.24) is 10.3 Å². The van der Waals surface area contributed by atoms with E-state index in [1.807, 2.05) is 19.1 Å². The van der Waals surface area contributed by atoms with Crippen LogP contribution in [0.4, 0.5) is 0 Å². The Morgan fingerprint density at radius 2 is 2.16 bits per heavy atom. The largest absolute Gasteiger partial charge is 0.480 e. The number of aryl methyl sites for hydroxylation is 1. The number of rotatable bonds is 6. The van der Waals surface area contributed by atoms with E-state index < -0.39 is 12.0 Å². The highest BCUT2D eigenvalue weighted by atomic mass is 16.4. The minimum absolute atomic E-state index is 0.155. The average molecular weight is 264 g/mol. The van der Waals surface area contributed by atoms with E-state index in [-0.39, 0.29) is 5.41 Å². The molecule has 0 aliphatic rings. The molecular formula is C15H24N2O2. The Morgan fingerprint density at radius 3 is 2.68 bits per heavy atom. The van der Waals surface area contributed by atoms with Crippen molar-refractivity contribution in [3.8, 4) is 0 Å². The van der Waals surface area contributed by atoms with Gasteiger partial charge >= 0.3 is 5.97 Å². The van der Waals surface area contributed by atoms with Crippen LogP contribution < -0.4 is 5.32 Å². The van der Waals surface area contributed by atoms with E-state index in [1.165, 1.54) is 0 Å². The van der Waals surface area contributed by atoms with E-state index in [2.05, 4.69) is 31.1 Å². The molecule has 0 saturated heterocycles. The number of carboxylic acids is 1. The monoisotopic (exact) mass is 264 g/mol. The molecule has 19 heavy (non-hydrogen) atoms. The molecule has 0 aliphatic heterocycles. The van der Waals surface area contributed by atoms with Crippen LogP contribution >= 0.6 is 0 Å². The summed E-state index contributed by atoms with van der Waals surface area (Å²) in [7, 11) is 0. The van der Waals surface area contributed by atoms with Crippen LogP contribution in [-0.2, 0) is 11.3 Å². The molecule has 1 unspecified atom stereocenters. The number of aliphatic carboxylic acids is 1. The number of pyridine rings is 1. The second-order valence-electron chi connectivity index (χ2n) is 6.18. The van der Waals surface area contributed by atoms with Gasteiger partial charge in [-0.1, -0.05) is 20.8 Å². The number of nitrogens with zero attached hydrogens (tertiary/aromatic N) is 1. The van der Waals surface area contributed by atoms with Crippen molar-refractivity contribution < 1.29 is 9.90 Å². The third-order valence-electron chi connectivity index (χ3n) is 2.99. The van der Waals surface area contributed by atoms with Gasteiger partial charge in [0.1, 0.15) is 6.04 Å². The van der Waals surface area contributed by atoms with Crippen molar-refractivity contribution >= 4 is 5.97 Å². The highest BCUT2D eigenvalue weighted by Gasteiger charge is 2.20. The standard InChI is InChI=1S/C15H24N2O2/c1-11-9-12(6-8-16-11)10-17-13(14(18)19)5-7-15(2,3)4/h6,8-9,13,17H,5,7,10H2,1-4H3,(H,18,19). The second kappa shape index (κ2) is 6.66. The number of aromatic nitrogens is 1. The Bertz CT molecular complexity index is 424. The van der Waals surface area contributed by atoms with Crippen LogP contribution in [0.5, 0.6) is 0 Å². The van der Waals surface area contributed by atoms with Gasteiger partial charge in [0, 0.05) is 18.4 Å². The molecule has 0 aromatic carbocycles. The zero-order valence-electron chi connectivity index (χ0n) is 12.2. The fraction of sp³-hybridized carbons (Fsp3) is 0.600. The SMILES string of the molecule is Cc1cc(CNC(CCC(C)(C)C)C(=O)O)ccn1. The maximum atomic E-state index is 11.2. The second-order valence-corrected chi connectivity index (χ2v) is 6.18. The van der Waals surface area contributed by atoms with E-state index in [0.29, 0.717) is 13.0 Å². The first-order valence-corrected chi connectivity index (χ1v) is 6.66. The molecule has 0 spiro atoms. The van der Waals surface area contributed by atoms with Crippen LogP contribution in [0.3, 0.4) is 0 Å². The van der Waals surface area contributed by atoms with E-state index in [9.17, 15) is 9.90 Å². The molecule has 1 aromatic heterocycles. The van der Waals surface area contributed by atoms with Gasteiger partial charge in [-0.05, 0) is 42.9 Å². The first kappa shape index (κ1) is 15.6. The fourth-order valence-corrected chi connectivity index (χ4v) is 1.85. The van der Waals surface area contributed by atoms with Crippen LogP contribution in [0.1, 0.15) is 44.9 Å². The smallest absolute Gasteiger partial charge is 0.320 e. The van der Waals surface area contributed by atoms with Crippen molar-refractivity contribution in [2.75, 3.05) is 0 Å². The van der Waals surface area contributed by atoms with Crippen molar-refractivity contribution in [2.24, 2.45) is 5.41 Å². The Labute approximate surface area is 115 Å². The summed E-state index contributed by atoms with van der Waals surface area (Å²) >= 11 is 0. The van der Waals surface area contributed by atoms with Crippen LogP contribution in [0, 0.1) is 12.3 Å². The minimum Gasteiger partial charge on any atom is -0.480 e.